The molecule has 0 aliphatic rings. The molecule has 0 saturated heterocycles. The number of hydrogen-bond donors (Lipinski definition) is 1. The number of thioether (sulfide) groups is 1. The lowest BCUT2D eigenvalue weighted by Crippen LogP contribution is -2.23. The van der Waals surface area contributed by atoms with E-state index in [0.29, 0.717) is 16.4 Å². The Morgan fingerprint density at radius 1 is 1.07 bits per heavy atom. The zero-order chi connectivity index (χ0) is 21.0. The molecular weight excluding hydrogens is 388 g/mol. The normalized spacial score (nSPS) is 11.7. The molecule has 3 rings (SSSR count). The number of ketones is 1. The van der Waals surface area contributed by atoms with Gasteiger partial charge in [-0.2, -0.15) is 0 Å². The number of carbonyl (C=O) groups excluding carboxylic acids is 2. The maximum absolute atomic E-state index is 12.6. The maximum atomic E-state index is 12.6. The van der Waals surface area contributed by atoms with Gasteiger partial charge in [-0.15, -0.1) is 10.2 Å². The first-order chi connectivity index (χ1) is 13.9. The standard InChI is InChI=1S/C21H22N4O3S/c1-13(26)16-5-7-17(8-6-16)22-20(27)14(2)29-21-24-23-15(3)25(21)18-9-11-19(28-4)12-10-18/h5-12,14H,1-4H3,(H,22,27)/t14-/m1/s1. The van der Waals surface area contributed by atoms with Crippen LogP contribution in [0.3, 0.4) is 0 Å². The van der Waals surface area contributed by atoms with Crippen molar-refractivity contribution in [3.8, 4) is 11.4 Å². The van der Waals surface area contributed by atoms with E-state index in [2.05, 4.69) is 15.5 Å². The SMILES string of the molecule is COc1ccc(-n2c(C)nnc2S[C@H](C)C(=O)Nc2ccc(C(C)=O)cc2)cc1. The van der Waals surface area contributed by atoms with Gasteiger partial charge in [-0.3, -0.25) is 14.2 Å². The van der Waals surface area contributed by atoms with Crippen molar-refractivity contribution in [2.45, 2.75) is 31.2 Å². The predicted molar refractivity (Wildman–Crippen MR) is 113 cm³/mol. The number of aromatic nitrogens is 3. The number of anilines is 1. The number of amides is 1. The zero-order valence-corrected chi connectivity index (χ0v) is 17.5. The summed E-state index contributed by atoms with van der Waals surface area (Å²) in [6.07, 6.45) is 0. The molecule has 1 aromatic heterocycles. The van der Waals surface area contributed by atoms with E-state index in [4.69, 9.17) is 4.74 Å². The van der Waals surface area contributed by atoms with E-state index < -0.39 is 5.25 Å². The van der Waals surface area contributed by atoms with Gasteiger partial charge in [0.05, 0.1) is 12.4 Å². The van der Waals surface area contributed by atoms with Crippen molar-refractivity contribution in [3.05, 3.63) is 59.9 Å². The van der Waals surface area contributed by atoms with Crippen LogP contribution < -0.4 is 10.1 Å². The molecule has 0 bridgehead atoms. The van der Waals surface area contributed by atoms with Crippen molar-refractivity contribution in [2.75, 3.05) is 12.4 Å². The molecule has 0 radical (unpaired) electrons. The van der Waals surface area contributed by atoms with Crippen LogP contribution in [-0.2, 0) is 4.79 Å². The second-order valence-corrected chi connectivity index (χ2v) is 7.75. The van der Waals surface area contributed by atoms with Crippen LogP contribution in [0, 0.1) is 6.92 Å². The monoisotopic (exact) mass is 410 g/mol. The molecule has 7 nitrogen and oxygen atoms in total. The van der Waals surface area contributed by atoms with Crippen molar-refractivity contribution >= 4 is 29.1 Å². The Morgan fingerprint density at radius 2 is 1.72 bits per heavy atom. The first kappa shape index (κ1) is 20.6. The number of hydrogen-bond acceptors (Lipinski definition) is 6. The number of carbonyl (C=O) groups is 2. The van der Waals surface area contributed by atoms with E-state index >= 15 is 0 Å². The third-order valence-corrected chi connectivity index (χ3v) is 5.38. The molecule has 1 N–H and O–H groups in total. The number of rotatable bonds is 7. The van der Waals surface area contributed by atoms with Crippen LogP contribution in [0.2, 0.25) is 0 Å². The fourth-order valence-electron chi connectivity index (χ4n) is 2.69. The molecule has 0 saturated carbocycles. The summed E-state index contributed by atoms with van der Waals surface area (Å²) in [5.41, 5.74) is 2.14. The number of aryl methyl sites for hydroxylation is 1. The second kappa shape index (κ2) is 8.91. The summed E-state index contributed by atoms with van der Waals surface area (Å²) in [4.78, 5) is 24.0. The Kier molecular flexibility index (Phi) is 6.33. The van der Waals surface area contributed by atoms with Crippen LogP contribution in [-0.4, -0.2) is 38.8 Å². The Morgan fingerprint density at radius 3 is 2.31 bits per heavy atom. The number of nitrogens with one attached hydrogen (secondary N) is 1. The molecule has 2 aromatic carbocycles. The van der Waals surface area contributed by atoms with Gasteiger partial charge in [0.2, 0.25) is 5.91 Å². The van der Waals surface area contributed by atoms with Crippen LogP contribution in [0.4, 0.5) is 5.69 Å². The molecule has 1 atom stereocenters. The Bertz CT molecular complexity index is 1010. The molecule has 8 heteroatoms. The van der Waals surface area contributed by atoms with Gasteiger partial charge in [0.25, 0.3) is 0 Å². The lowest BCUT2D eigenvalue weighted by molar-refractivity contribution is -0.115. The highest BCUT2D eigenvalue weighted by Crippen LogP contribution is 2.27. The second-order valence-electron chi connectivity index (χ2n) is 6.45. The molecule has 0 unspecified atom stereocenters. The molecule has 0 aliphatic carbocycles. The molecule has 3 aromatic rings. The summed E-state index contributed by atoms with van der Waals surface area (Å²) in [5.74, 6) is 1.31. The highest BCUT2D eigenvalue weighted by molar-refractivity contribution is 8.00. The minimum Gasteiger partial charge on any atom is -0.497 e. The molecule has 0 fully saturated rings. The molecule has 29 heavy (non-hydrogen) atoms. The van der Waals surface area contributed by atoms with Gasteiger partial charge in [0.15, 0.2) is 10.9 Å². The van der Waals surface area contributed by atoms with Gasteiger partial charge in [0.1, 0.15) is 11.6 Å². The van der Waals surface area contributed by atoms with Crippen LogP contribution in [0.25, 0.3) is 5.69 Å². The number of ether oxygens (including phenoxy) is 1. The summed E-state index contributed by atoms with van der Waals surface area (Å²) in [5, 5.41) is 11.5. The van der Waals surface area contributed by atoms with E-state index in [0.717, 1.165) is 17.3 Å². The topological polar surface area (TPSA) is 86.1 Å². The van der Waals surface area contributed by atoms with Crippen molar-refractivity contribution < 1.29 is 14.3 Å². The highest BCUT2D eigenvalue weighted by Gasteiger charge is 2.20. The number of methoxy groups -OCH3 is 1. The lowest BCUT2D eigenvalue weighted by atomic mass is 10.1. The summed E-state index contributed by atoms with van der Waals surface area (Å²) < 4.78 is 7.10. The summed E-state index contributed by atoms with van der Waals surface area (Å²) in [7, 11) is 1.62. The van der Waals surface area contributed by atoms with Gasteiger partial charge < -0.3 is 10.1 Å². The minimum atomic E-state index is -0.400. The van der Waals surface area contributed by atoms with Crippen LogP contribution in [0.15, 0.2) is 53.7 Å². The smallest absolute Gasteiger partial charge is 0.237 e. The highest BCUT2D eigenvalue weighted by atomic mass is 32.2. The molecule has 150 valence electrons. The Hall–Kier alpha value is -3.13. The predicted octanol–water partition coefficient (Wildman–Crippen LogP) is 3.91. The number of benzene rings is 2. The lowest BCUT2D eigenvalue weighted by Gasteiger charge is -2.13. The Labute approximate surface area is 173 Å². The number of Topliss-reactive ketones (excluding diaryl/α,β-unsaturated/α-hetero) is 1. The van der Waals surface area contributed by atoms with Gasteiger partial charge in [-0.05, 0) is 69.3 Å². The summed E-state index contributed by atoms with van der Waals surface area (Å²) in [6.45, 7) is 5.18. The van der Waals surface area contributed by atoms with E-state index in [9.17, 15) is 9.59 Å². The Balaban J connectivity index is 1.72. The van der Waals surface area contributed by atoms with Crippen molar-refractivity contribution in [2.24, 2.45) is 0 Å². The first-order valence-electron chi connectivity index (χ1n) is 9.04. The van der Waals surface area contributed by atoms with Gasteiger partial charge in [-0.25, -0.2) is 0 Å². The molecule has 1 heterocycles. The number of nitrogens with zero attached hydrogens (tertiary/aromatic N) is 3. The van der Waals surface area contributed by atoms with Crippen LogP contribution in [0.5, 0.6) is 5.75 Å². The fraction of sp³-hybridized carbons (Fsp3) is 0.238. The van der Waals surface area contributed by atoms with Crippen molar-refractivity contribution in [3.63, 3.8) is 0 Å². The van der Waals surface area contributed by atoms with E-state index in [1.54, 1.807) is 31.4 Å². The third kappa shape index (κ3) is 4.83. The molecule has 1 amide bonds. The van der Waals surface area contributed by atoms with Crippen molar-refractivity contribution in [1.82, 2.24) is 14.8 Å². The zero-order valence-electron chi connectivity index (χ0n) is 16.7. The van der Waals surface area contributed by atoms with Crippen molar-refractivity contribution in [1.29, 1.82) is 0 Å². The largest absolute Gasteiger partial charge is 0.497 e. The first-order valence-corrected chi connectivity index (χ1v) is 9.92. The molecule has 0 spiro atoms. The maximum Gasteiger partial charge on any atom is 0.237 e. The summed E-state index contributed by atoms with van der Waals surface area (Å²) in [6, 6.07) is 14.4. The average molecular weight is 410 g/mol. The average Bonchev–Trinajstić information content (AvgIpc) is 3.08. The fourth-order valence-corrected chi connectivity index (χ4v) is 3.60. The van der Waals surface area contributed by atoms with Crippen LogP contribution >= 0.6 is 11.8 Å². The minimum absolute atomic E-state index is 0.0139. The summed E-state index contributed by atoms with van der Waals surface area (Å²) >= 11 is 1.32. The van der Waals surface area contributed by atoms with E-state index in [1.165, 1.54) is 18.7 Å². The molecule has 0 aliphatic heterocycles. The van der Waals surface area contributed by atoms with Crippen LogP contribution in [0.1, 0.15) is 30.0 Å². The van der Waals surface area contributed by atoms with E-state index in [-0.39, 0.29) is 11.7 Å². The van der Waals surface area contributed by atoms with Gasteiger partial charge >= 0.3 is 0 Å². The molecular formula is C21H22N4O3S. The van der Waals surface area contributed by atoms with E-state index in [1.807, 2.05) is 42.7 Å². The van der Waals surface area contributed by atoms with Gasteiger partial charge in [-0.1, -0.05) is 11.8 Å². The quantitative estimate of drug-likeness (QED) is 0.470. The van der Waals surface area contributed by atoms with Gasteiger partial charge in [0, 0.05) is 16.9 Å². The third-order valence-electron chi connectivity index (χ3n) is 4.34.